The zero-order valence-electron chi connectivity index (χ0n) is 9.64. The number of fused-ring (bicyclic) bond motifs is 1. The number of hydrogen-bond donors (Lipinski definition) is 1. The van der Waals surface area contributed by atoms with Crippen LogP contribution >= 0.6 is 0 Å². The smallest absolute Gasteiger partial charge is 0.0991 e. The maximum Gasteiger partial charge on any atom is 0.0991 e. The topological polar surface area (TPSA) is 52.5 Å². The highest BCUT2D eigenvalue weighted by atomic mass is 15.1. The van der Waals surface area contributed by atoms with Crippen LogP contribution in [-0.4, -0.2) is 10.2 Å². The Morgan fingerprint density at radius 2 is 2.06 bits per heavy atom. The van der Waals surface area contributed by atoms with Gasteiger partial charge in [0.25, 0.3) is 0 Å². The molecule has 1 heterocycles. The maximum absolute atomic E-state index is 8.76. The van der Waals surface area contributed by atoms with E-state index in [-0.39, 0.29) is 0 Å². The van der Waals surface area contributed by atoms with Gasteiger partial charge in [-0.2, -0.15) is 10.4 Å². The third-order valence-electron chi connectivity index (χ3n) is 2.94. The molecule has 1 N–H and O–H groups in total. The summed E-state index contributed by atoms with van der Waals surface area (Å²) in [5.74, 6) is 0. The van der Waals surface area contributed by atoms with Crippen molar-refractivity contribution < 1.29 is 0 Å². The largest absolute Gasteiger partial charge is 0.278 e. The van der Waals surface area contributed by atoms with Crippen LogP contribution in [0.5, 0.6) is 0 Å². The molecular formula is C15H10N3. The summed E-state index contributed by atoms with van der Waals surface area (Å²) in [5.41, 5.74) is 3.86. The number of nitrogens with one attached hydrogen (secondary N) is 1. The van der Waals surface area contributed by atoms with E-state index < -0.39 is 0 Å². The van der Waals surface area contributed by atoms with E-state index in [1.165, 1.54) is 0 Å². The lowest BCUT2D eigenvalue weighted by Crippen LogP contribution is -1.89. The standard InChI is InChI=1S/C15H10N3/c16-10-12-7-5-11(6-8-12)9-15-13-3-1-2-4-14(13)17-18-15/h2-8H,9H2,(H,17,18). The summed E-state index contributed by atoms with van der Waals surface area (Å²) in [5, 5.41) is 17.2. The van der Waals surface area contributed by atoms with Crippen LogP contribution in [0.1, 0.15) is 16.8 Å². The van der Waals surface area contributed by atoms with Crippen molar-refractivity contribution >= 4 is 10.9 Å². The molecule has 0 aliphatic carbocycles. The fraction of sp³-hybridized carbons (Fsp3) is 0.0667. The molecule has 0 aliphatic rings. The van der Waals surface area contributed by atoms with E-state index in [2.05, 4.69) is 22.3 Å². The van der Waals surface area contributed by atoms with E-state index in [0.717, 1.165) is 28.6 Å². The number of aromatic amines is 1. The van der Waals surface area contributed by atoms with Gasteiger partial charge >= 0.3 is 0 Å². The van der Waals surface area contributed by atoms with Crippen molar-refractivity contribution in [3.63, 3.8) is 0 Å². The molecule has 3 heteroatoms. The molecule has 1 aromatic heterocycles. The van der Waals surface area contributed by atoms with E-state index in [9.17, 15) is 0 Å². The maximum atomic E-state index is 8.76. The molecule has 0 spiro atoms. The van der Waals surface area contributed by atoms with Crippen molar-refractivity contribution in [2.45, 2.75) is 6.42 Å². The molecule has 0 amide bonds. The normalized spacial score (nSPS) is 10.4. The zero-order chi connectivity index (χ0) is 12.4. The second-order valence-corrected chi connectivity index (χ2v) is 4.13. The van der Waals surface area contributed by atoms with Crippen molar-refractivity contribution in [1.29, 1.82) is 5.26 Å². The number of rotatable bonds is 2. The highest BCUT2D eigenvalue weighted by Gasteiger charge is 2.05. The molecule has 0 unspecified atom stereocenters. The quantitative estimate of drug-likeness (QED) is 0.738. The molecule has 0 saturated heterocycles. The van der Waals surface area contributed by atoms with Crippen LogP contribution in [0.15, 0.2) is 42.5 Å². The summed E-state index contributed by atoms with van der Waals surface area (Å²) in [6.07, 6.45) is 0.754. The molecular weight excluding hydrogens is 222 g/mol. The van der Waals surface area contributed by atoms with Gasteiger partial charge in [-0.15, -0.1) is 0 Å². The Bertz CT molecular complexity index is 717. The van der Waals surface area contributed by atoms with Crippen LogP contribution in [0.2, 0.25) is 0 Å². The Labute approximate surface area is 105 Å². The first-order valence-electron chi connectivity index (χ1n) is 5.69. The Morgan fingerprint density at radius 1 is 1.22 bits per heavy atom. The highest BCUT2D eigenvalue weighted by molar-refractivity contribution is 5.81. The van der Waals surface area contributed by atoms with Crippen LogP contribution in [-0.2, 0) is 6.42 Å². The first-order chi connectivity index (χ1) is 8.86. The summed E-state index contributed by atoms with van der Waals surface area (Å²) in [4.78, 5) is 0. The molecule has 18 heavy (non-hydrogen) atoms. The number of nitrogens with zero attached hydrogens (tertiary/aromatic N) is 2. The van der Waals surface area contributed by atoms with Crippen molar-refractivity contribution in [1.82, 2.24) is 10.2 Å². The lowest BCUT2D eigenvalue weighted by molar-refractivity contribution is 1.01. The molecule has 3 aromatic rings. The van der Waals surface area contributed by atoms with Gasteiger partial charge in [0.1, 0.15) is 0 Å². The van der Waals surface area contributed by atoms with Gasteiger partial charge in [-0.25, -0.2) is 0 Å². The lowest BCUT2D eigenvalue weighted by Gasteiger charge is -1.99. The predicted octanol–water partition coefficient (Wildman–Crippen LogP) is 2.83. The minimum absolute atomic E-state index is 0.680. The predicted molar refractivity (Wildman–Crippen MR) is 68.9 cm³/mol. The van der Waals surface area contributed by atoms with Crippen LogP contribution in [0.3, 0.4) is 0 Å². The third-order valence-corrected chi connectivity index (χ3v) is 2.94. The molecule has 0 atom stereocenters. The van der Waals surface area contributed by atoms with Crippen molar-refractivity contribution in [3.8, 4) is 6.07 Å². The molecule has 0 saturated carbocycles. The number of aromatic nitrogens is 2. The van der Waals surface area contributed by atoms with Crippen molar-refractivity contribution in [3.05, 3.63) is 65.4 Å². The van der Waals surface area contributed by atoms with Gasteiger partial charge in [0.2, 0.25) is 0 Å². The fourth-order valence-electron chi connectivity index (χ4n) is 1.98. The van der Waals surface area contributed by atoms with Gasteiger partial charge in [-0.1, -0.05) is 18.2 Å². The number of H-pyrrole nitrogens is 1. The molecule has 3 rings (SSSR count). The minimum Gasteiger partial charge on any atom is -0.278 e. The monoisotopic (exact) mass is 232 g/mol. The van der Waals surface area contributed by atoms with Gasteiger partial charge in [0, 0.05) is 11.8 Å². The van der Waals surface area contributed by atoms with E-state index in [0.29, 0.717) is 5.56 Å². The van der Waals surface area contributed by atoms with E-state index in [1.54, 1.807) is 0 Å². The first-order valence-corrected chi connectivity index (χ1v) is 5.69. The lowest BCUT2D eigenvalue weighted by atomic mass is 10.1. The van der Waals surface area contributed by atoms with Gasteiger partial charge in [0.05, 0.1) is 22.8 Å². The Balaban J connectivity index is 1.94. The number of nitriles is 1. The molecule has 0 aliphatic heterocycles. The number of benzene rings is 2. The van der Waals surface area contributed by atoms with Crippen LogP contribution < -0.4 is 0 Å². The molecule has 0 fully saturated rings. The second kappa shape index (κ2) is 4.34. The van der Waals surface area contributed by atoms with Gasteiger partial charge < -0.3 is 0 Å². The van der Waals surface area contributed by atoms with Gasteiger partial charge in [-0.05, 0) is 35.9 Å². The second-order valence-electron chi connectivity index (χ2n) is 4.13. The number of hydrogen-bond acceptors (Lipinski definition) is 2. The Morgan fingerprint density at radius 3 is 2.83 bits per heavy atom. The summed E-state index contributed by atoms with van der Waals surface area (Å²) >= 11 is 0. The Hall–Kier alpha value is -2.60. The molecule has 2 aromatic carbocycles. The summed E-state index contributed by atoms with van der Waals surface area (Å²) in [6.45, 7) is 0. The molecule has 1 radical (unpaired) electrons. The van der Waals surface area contributed by atoms with Gasteiger partial charge in [0.15, 0.2) is 0 Å². The fourth-order valence-corrected chi connectivity index (χ4v) is 1.98. The van der Waals surface area contributed by atoms with Crippen LogP contribution in [0, 0.1) is 17.4 Å². The van der Waals surface area contributed by atoms with E-state index >= 15 is 0 Å². The third kappa shape index (κ3) is 1.85. The highest BCUT2D eigenvalue weighted by Crippen LogP contribution is 2.18. The zero-order valence-corrected chi connectivity index (χ0v) is 9.64. The molecule has 0 bridgehead atoms. The van der Waals surface area contributed by atoms with Gasteiger partial charge in [-0.3, -0.25) is 5.10 Å². The average molecular weight is 232 g/mol. The van der Waals surface area contributed by atoms with Crippen LogP contribution in [0.25, 0.3) is 10.9 Å². The summed E-state index contributed by atoms with van der Waals surface area (Å²) < 4.78 is 0. The Kier molecular flexibility index (Phi) is 2.54. The first kappa shape index (κ1) is 10.5. The van der Waals surface area contributed by atoms with E-state index in [4.69, 9.17) is 5.26 Å². The van der Waals surface area contributed by atoms with Crippen LogP contribution in [0.4, 0.5) is 0 Å². The van der Waals surface area contributed by atoms with Crippen molar-refractivity contribution in [2.75, 3.05) is 0 Å². The SMILES string of the molecule is N#Cc1ccc(Cc2n[nH]c3cc[c]cc23)cc1. The average Bonchev–Trinajstić information content (AvgIpc) is 2.83. The molecule has 85 valence electrons. The van der Waals surface area contributed by atoms with E-state index in [1.807, 2.05) is 42.5 Å². The molecule has 3 nitrogen and oxygen atoms in total. The minimum atomic E-state index is 0.680. The summed E-state index contributed by atoms with van der Waals surface area (Å²) in [7, 11) is 0. The summed E-state index contributed by atoms with van der Waals surface area (Å²) in [6, 6.07) is 18.5. The van der Waals surface area contributed by atoms with Crippen molar-refractivity contribution in [2.24, 2.45) is 0 Å².